The Morgan fingerprint density at radius 3 is 2.75 bits per heavy atom. The lowest BCUT2D eigenvalue weighted by Crippen LogP contribution is -2.88. The number of benzene rings is 1. The van der Waals surface area contributed by atoms with Crippen LogP contribution in [0.25, 0.3) is 11.3 Å². The van der Waals surface area contributed by atoms with Crippen LogP contribution in [0.1, 0.15) is 37.9 Å². The molecule has 0 spiro atoms. The summed E-state index contributed by atoms with van der Waals surface area (Å²) in [6.07, 6.45) is 6.87. The molecule has 20 heavy (non-hydrogen) atoms. The van der Waals surface area contributed by atoms with E-state index in [-0.39, 0.29) is 0 Å². The standard InChI is InChI=1S/C17H20ClNO/c18-14-6-4-5-13(11-14)17-10-9-16(20-17)12-19-15-7-2-1-3-8-15/h4-6,9-11,15,19H,1-3,7-8,12H2/p+1. The van der Waals surface area contributed by atoms with Crippen LogP contribution in [-0.4, -0.2) is 6.04 Å². The quantitative estimate of drug-likeness (QED) is 0.906. The summed E-state index contributed by atoms with van der Waals surface area (Å²) in [6, 6.07) is 12.7. The average Bonchev–Trinajstić information content (AvgIpc) is 2.95. The highest BCUT2D eigenvalue weighted by molar-refractivity contribution is 6.30. The minimum Gasteiger partial charge on any atom is -0.455 e. The van der Waals surface area contributed by atoms with Gasteiger partial charge in [0, 0.05) is 10.6 Å². The largest absolute Gasteiger partial charge is 0.455 e. The highest BCUT2D eigenvalue weighted by Crippen LogP contribution is 2.24. The summed E-state index contributed by atoms with van der Waals surface area (Å²) in [5.74, 6) is 1.95. The summed E-state index contributed by atoms with van der Waals surface area (Å²) in [7, 11) is 0. The van der Waals surface area contributed by atoms with Crippen LogP contribution >= 0.6 is 11.6 Å². The van der Waals surface area contributed by atoms with Gasteiger partial charge in [0.25, 0.3) is 0 Å². The monoisotopic (exact) mass is 290 g/mol. The Hall–Kier alpha value is -1.25. The Balaban J connectivity index is 1.61. The first-order chi connectivity index (χ1) is 9.81. The third-order valence-electron chi connectivity index (χ3n) is 4.07. The first kappa shape index (κ1) is 13.7. The summed E-state index contributed by atoms with van der Waals surface area (Å²) in [5.41, 5.74) is 1.04. The number of furan rings is 1. The lowest BCUT2D eigenvalue weighted by molar-refractivity contribution is -0.708. The van der Waals surface area contributed by atoms with E-state index in [1.165, 1.54) is 32.1 Å². The topological polar surface area (TPSA) is 29.8 Å². The van der Waals surface area contributed by atoms with Gasteiger partial charge < -0.3 is 9.73 Å². The first-order valence-corrected chi connectivity index (χ1v) is 7.87. The molecule has 0 radical (unpaired) electrons. The fourth-order valence-electron chi connectivity index (χ4n) is 2.94. The fraction of sp³-hybridized carbons (Fsp3) is 0.412. The molecule has 2 aromatic rings. The van der Waals surface area contributed by atoms with E-state index in [2.05, 4.69) is 11.4 Å². The van der Waals surface area contributed by atoms with Gasteiger partial charge in [-0.15, -0.1) is 0 Å². The van der Waals surface area contributed by atoms with E-state index in [1.54, 1.807) is 0 Å². The molecule has 1 heterocycles. The van der Waals surface area contributed by atoms with Gasteiger partial charge in [-0.3, -0.25) is 0 Å². The second kappa shape index (κ2) is 6.47. The molecule has 1 aliphatic carbocycles. The zero-order valence-corrected chi connectivity index (χ0v) is 12.4. The molecular formula is C17H21ClNO+. The molecule has 1 saturated carbocycles. The molecule has 3 heteroatoms. The predicted molar refractivity (Wildman–Crippen MR) is 81.7 cm³/mol. The maximum atomic E-state index is 6.02. The van der Waals surface area contributed by atoms with Gasteiger partial charge in [-0.05, 0) is 49.9 Å². The summed E-state index contributed by atoms with van der Waals surface area (Å²) in [4.78, 5) is 0. The third kappa shape index (κ3) is 3.44. The molecular weight excluding hydrogens is 270 g/mol. The number of halogens is 1. The van der Waals surface area contributed by atoms with Crippen LogP contribution in [-0.2, 0) is 6.54 Å². The van der Waals surface area contributed by atoms with Gasteiger partial charge in [-0.1, -0.05) is 30.2 Å². The van der Waals surface area contributed by atoms with E-state index in [0.717, 1.165) is 34.7 Å². The lowest BCUT2D eigenvalue weighted by atomic mass is 9.95. The molecule has 0 unspecified atom stereocenters. The van der Waals surface area contributed by atoms with Gasteiger partial charge in [0.1, 0.15) is 12.3 Å². The van der Waals surface area contributed by atoms with Crippen molar-refractivity contribution in [2.24, 2.45) is 0 Å². The molecule has 0 saturated heterocycles. The van der Waals surface area contributed by atoms with Crippen LogP contribution in [0, 0.1) is 0 Å². The molecule has 3 rings (SSSR count). The van der Waals surface area contributed by atoms with E-state index in [9.17, 15) is 0 Å². The zero-order chi connectivity index (χ0) is 13.8. The number of quaternary nitrogens is 1. The summed E-state index contributed by atoms with van der Waals surface area (Å²) in [6.45, 7) is 0.936. The van der Waals surface area contributed by atoms with Crippen molar-refractivity contribution in [1.29, 1.82) is 0 Å². The van der Waals surface area contributed by atoms with E-state index < -0.39 is 0 Å². The normalized spacial score (nSPS) is 16.4. The van der Waals surface area contributed by atoms with Crippen molar-refractivity contribution < 1.29 is 9.73 Å². The molecule has 1 aromatic heterocycles. The van der Waals surface area contributed by atoms with Crippen LogP contribution in [0.4, 0.5) is 0 Å². The van der Waals surface area contributed by atoms with Crippen molar-refractivity contribution in [2.45, 2.75) is 44.7 Å². The molecule has 1 aromatic carbocycles. The smallest absolute Gasteiger partial charge is 0.158 e. The minimum atomic E-state index is 0.745. The van der Waals surface area contributed by atoms with Gasteiger partial charge in [0.05, 0.1) is 6.04 Å². The van der Waals surface area contributed by atoms with Gasteiger partial charge in [-0.25, -0.2) is 0 Å². The van der Waals surface area contributed by atoms with Gasteiger partial charge >= 0.3 is 0 Å². The van der Waals surface area contributed by atoms with Crippen molar-refractivity contribution in [1.82, 2.24) is 0 Å². The predicted octanol–water partition coefficient (Wildman–Crippen LogP) is 4.00. The van der Waals surface area contributed by atoms with Crippen molar-refractivity contribution in [2.75, 3.05) is 0 Å². The number of hydrogen-bond donors (Lipinski definition) is 1. The Labute approximate surface area is 125 Å². The van der Waals surface area contributed by atoms with E-state index in [0.29, 0.717) is 0 Å². The summed E-state index contributed by atoms with van der Waals surface area (Å²) in [5, 5.41) is 3.17. The Kier molecular flexibility index (Phi) is 4.44. The SMILES string of the molecule is Clc1cccc(-c2ccc(C[NH2+]C3CCCCC3)o2)c1. The second-order valence-electron chi connectivity index (χ2n) is 5.61. The van der Waals surface area contributed by atoms with Crippen LogP contribution < -0.4 is 5.32 Å². The highest BCUT2D eigenvalue weighted by atomic mass is 35.5. The van der Waals surface area contributed by atoms with Gasteiger partial charge in [0.15, 0.2) is 5.76 Å². The van der Waals surface area contributed by atoms with E-state index in [1.807, 2.05) is 30.3 Å². The fourth-order valence-corrected chi connectivity index (χ4v) is 3.13. The van der Waals surface area contributed by atoms with Crippen molar-refractivity contribution in [3.63, 3.8) is 0 Å². The van der Waals surface area contributed by atoms with Crippen LogP contribution in [0.15, 0.2) is 40.8 Å². The van der Waals surface area contributed by atoms with Gasteiger partial charge in [-0.2, -0.15) is 0 Å². The van der Waals surface area contributed by atoms with Crippen LogP contribution in [0.3, 0.4) is 0 Å². The van der Waals surface area contributed by atoms with Crippen molar-refractivity contribution in [3.05, 3.63) is 47.2 Å². The van der Waals surface area contributed by atoms with E-state index >= 15 is 0 Å². The highest BCUT2D eigenvalue weighted by Gasteiger charge is 2.16. The number of hydrogen-bond acceptors (Lipinski definition) is 1. The molecule has 2 N–H and O–H groups in total. The lowest BCUT2D eigenvalue weighted by Gasteiger charge is -2.19. The zero-order valence-electron chi connectivity index (χ0n) is 11.6. The summed E-state index contributed by atoms with van der Waals surface area (Å²) >= 11 is 6.02. The molecule has 106 valence electrons. The molecule has 1 aliphatic rings. The van der Waals surface area contributed by atoms with Crippen LogP contribution in [0.5, 0.6) is 0 Å². The molecule has 0 bridgehead atoms. The molecule has 0 amide bonds. The molecule has 1 fully saturated rings. The number of nitrogens with two attached hydrogens (primary N) is 1. The molecule has 0 atom stereocenters. The minimum absolute atomic E-state index is 0.745. The van der Waals surface area contributed by atoms with Gasteiger partial charge in [0.2, 0.25) is 0 Å². The van der Waals surface area contributed by atoms with E-state index in [4.69, 9.17) is 16.0 Å². The average molecular weight is 291 g/mol. The number of rotatable bonds is 4. The Morgan fingerprint density at radius 2 is 1.95 bits per heavy atom. The Morgan fingerprint density at radius 1 is 1.10 bits per heavy atom. The molecule has 0 aliphatic heterocycles. The third-order valence-corrected chi connectivity index (χ3v) is 4.31. The second-order valence-corrected chi connectivity index (χ2v) is 6.05. The summed E-state index contributed by atoms with van der Waals surface area (Å²) < 4.78 is 5.93. The first-order valence-electron chi connectivity index (χ1n) is 7.49. The molecule has 2 nitrogen and oxygen atoms in total. The maximum absolute atomic E-state index is 6.02. The van der Waals surface area contributed by atoms with Crippen LogP contribution in [0.2, 0.25) is 5.02 Å². The van der Waals surface area contributed by atoms with Crippen molar-refractivity contribution >= 4 is 11.6 Å². The van der Waals surface area contributed by atoms with Crippen molar-refractivity contribution in [3.8, 4) is 11.3 Å². The Bertz CT molecular complexity index is 558. The maximum Gasteiger partial charge on any atom is 0.158 e.